The third kappa shape index (κ3) is 4.46. The largest absolute Gasteiger partial charge is 0.309 e. The monoisotopic (exact) mass is 266 g/mol. The van der Waals surface area contributed by atoms with E-state index in [0.717, 1.165) is 17.4 Å². The Morgan fingerprint density at radius 3 is 2.60 bits per heavy atom. The molecule has 0 heterocycles. The van der Waals surface area contributed by atoms with E-state index in [-0.39, 0.29) is 0 Å². The molecular weight excluding hydrogens is 252 g/mol. The molecule has 80 valence electrons. The predicted molar refractivity (Wildman–Crippen MR) is 65.3 cm³/mol. The molecule has 1 unspecified atom stereocenters. The van der Waals surface area contributed by atoms with Crippen LogP contribution in [0.4, 0.5) is 0 Å². The van der Waals surface area contributed by atoms with Gasteiger partial charge in [0.2, 0.25) is 0 Å². The van der Waals surface area contributed by atoms with Crippen molar-refractivity contribution in [3.05, 3.63) is 34.3 Å². The van der Waals surface area contributed by atoms with Crippen LogP contribution in [0, 0.1) is 11.3 Å². The summed E-state index contributed by atoms with van der Waals surface area (Å²) in [7, 11) is 0. The fourth-order valence-electron chi connectivity index (χ4n) is 1.34. The van der Waals surface area contributed by atoms with Gasteiger partial charge in [0, 0.05) is 17.1 Å². The second kappa shape index (κ2) is 6.60. The van der Waals surface area contributed by atoms with Gasteiger partial charge in [0.1, 0.15) is 0 Å². The first-order chi connectivity index (χ1) is 7.26. The number of halogens is 1. The Hall–Kier alpha value is -0.850. The highest BCUT2D eigenvalue weighted by molar-refractivity contribution is 9.10. The number of hydrogen-bond donors (Lipinski definition) is 1. The summed E-state index contributed by atoms with van der Waals surface area (Å²) in [6.07, 6.45) is 1.57. The van der Waals surface area contributed by atoms with Gasteiger partial charge in [-0.2, -0.15) is 5.26 Å². The van der Waals surface area contributed by atoms with E-state index in [1.165, 1.54) is 5.56 Å². The Morgan fingerprint density at radius 2 is 2.07 bits per heavy atom. The lowest BCUT2D eigenvalue weighted by Crippen LogP contribution is -2.27. The number of nitrogens with one attached hydrogen (secondary N) is 1. The highest BCUT2D eigenvalue weighted by Gasteiger charge is 2.03. The second-order valence-electron chi connectivity index (χ2n) is 3.47. The van der Waals surface area contributed by atoms with Gasteiger partial charge in [-0.1, -0.05) is 35.0 Å². The lowest BCUT2D eigenvalue weighted by atomic mass is 10.1. The maximum Gasteiger partial charge on any atom is 0.0638 e. The minimum Gasteiger partial charge on any atom is -0.309 e. The molecule has 0 amide bonds. The van der Waals surface area contributed by atoms with Gasteiger partial charge in [0.05, 0.1) is 12.5 Å². The zero-order valence-corrected chi connectivity index (χ0v) is 10.4. The van der Waals surface area contributed by atoms with E-state index in [9.17, 15) is 0 Å². The van der Waals surface area contributed by atoms with Crippen molar-refractivity contribution in [1.82, 2.24) is 5.32 Å². The van der Waals surface area contributed by atoms with Crippen LogP contribution in [0.1, 0.15) is 25.3 Å². The van der Waals surface area contributed by atoms with E-state index in [0.29, 0.717) is 12.5 Å². The van der Waals surface area contributed by atoms with Crippen LogP contribution in [0.5, 0.6) is 0 Å². The fourth-order valence-corrected chi connectivity index (χ4v) is 1.60. The number of hydrogen-bond acceptors (Lipinski definition) is 2. The minimum atomic E-state index is 0.304. The molecule has 1 N–H and O–H groups in total. The summed E-state index contributed by atoms with van der Waals surface area (Å²) in [6.45, 7) is 2.92. The van der Waals surface area contributed by atoms with Gasteiger partial charge in [-0.15, -0.1) is 0 Å². The average molecular weight is 267 g/mol. The Morgan fingerprint density at radius 1 is 1.40 bits per heavy atom. The van der Waals surface area contributed by atoms with Crippen molar-refractivity contribution in [2.24, 2.45) is 0 Å². The van der Waals surface area contributed by atoms with Crippen molar-refractivity contribution in [3.8, 4) is 6.07 Å². The highest BCUT2D eigenvalue weighted by Crippen LogP contribution is 2.10. The average Bonchev–Trinajstić information content (AvgIpc) is 2.26. The summed E-state index contributed by atoms with van der Waals surface area (Å²) in [5.41, 5.74) is 1.24. The molecule has 3 heteroatoms. The molecule has 15 heavy (non-hydrogen) atoms. The Balaban J connectivity index is 2.42. The molecule has 0 saturated heterocycles. The quantitative estimate of drug-likeness (QED) is 0.889. The summed E-state index contributed by atoms with van der Waals surface area (Å²) in [5.74, 6) is 0. The molecule has 0 saturated carbocycles. The Labute approximate surface area is 99.4 Å². The first kappa shape index (κ1) is 12.2. The predicted octanol–water partition coefficient (Wildman–Crippen LogP) is 3.23. The lowest BCUT2D eigenvalue weighted by Gasteiger charge is -2.13. The zero-order valence-electron chi connectivity index (χ0n) is 8.83. The molecule has 0 aliphatic rings. The highest BCUT2D eigenvalue weighted by atomic mass is 79.9. The zero-order chi connectivity index (χ0) is 11.1. The summed E-state index contributed by atoms with van der Waals surface area (Å²) >= 11 is 3.40. The van der Waals surface area contributed by atoms with Gasteiger partial charge in [-0.25, -0.2) is 0 Å². The van der Waals surface area contributed by atoms with Crippen molar-refractivity contribution < 1.29 is 0 Å². The molecule has 1 aromatic rings. The molecule has 0 aliphatic carbocycles. The molecule has 1 atom stereocenters. The minimum absolute atomic E-state index is 0.304. The summed E-state index contributed by atoms with van der Waals surface area (Å²) < 4.78 is 1.09. The second-order valence-corrected chi connectivity index (χ2v) is 4.39. The number of nitrogens with zero attached hydrogens (tertiary/aromatic N) is 1. The molecule has 0 aromatic heterocycles. The maximum absolute atomic E-state index is 8.61. The van der Waals surface area contributed by atoms with Crippen LogP contribution >= 0.6 is 15.9 Å². The fraction of sp³-hybridized carbons (Fsp3) is 0.417. The van der Waals surface area contributed by atoms with Crippen LogP contribution in [-0.2, 0) is 6.54 Å². The molecule has 0 aliphatic heterocycles. The van der Waals surface area contributed by atoms with Crippen molar-refractivity contribution >= 4 is 15.9 Å². The standard InChI is InChI=1S/C12H15BrN2/c1-2-12(7-8-14)15-9-10-3-5-11(13)6-4-10/h3-6,12,15H,2,7,9H2,1H3. The van der Waals surface area contributed by atoms with Crippen molar-refractivity contribution in [2.45, 2.75) is 32.4 Å². The van der Waals surface area contributed by atoms with E-state index in [1.807, 2.05) is 12.1 Å². The first-order valence-electron chi connectivity index (χ1n) is 5.11. The third-order valence-electron chi connectivity index (χ3n) is 2.34. The van der Waals surface area contributed by atoms with E-state index < -0.39 is 0 Å². The molecular formula is C12H15BrN2. The topological polar surface area (TPSA) is 35.8 Å². The van der Waals surface area contributed by atoms with Crippen LogP contribution in [0.3, 0.4) is 0 Å². The molecule has 0 spiro atoms. The van der Waals surface area contributed by atoms with E-state index in [4.69, 9.17) is 5.26 Å². The lowest BCUT2D eigenvalue weighted by molar-refractivity contribution is 0.505. The van der Waals surface area contributed by atoms with Crippen LogP contribution in [0.15, 0.2) is 28.7 Å². The Bertz CT molecular complexity index is 326. The van der Waals surface area contributed by atoms with Crippen molar-refractivity contribution in [2.75, 3.05) is 0 Å². The number of benzene rings is 1. The molecule has 0 fully saturated rings. The van der Waals surface area contributed by atoms with Crippen molar-refractivity contribution in [1.29, 1.82) is 5.26 Å². The van der Waals surface area contributed by atoms with Gasteiger partial charge < -0.3 is 5.32 Å². The summed E-state index contributed by atoms with van der Waals surface area (Å²) in [4.78, 5) is 0. The van der Waals surface area contributed by atoms with Gasteiger partial charge in [0.15, 0.2) is 0 Å². The molecule has 0 bridgehead atoms. The van der Waals surface area contributed by atoms with E-state index in [1.54, 1.807) is 0 Å². The SMILES string of the molecule is CCC(CC#N)NCc1ccc(Br)cc1. The van der Waals surface area contributed by atoms with Gasteiger partial charge >= 0.3 is 0 Å². The van der Waals surface area contributed by atoms with E-state index in [2.05, 4.69) is 46.4 Å². The summed E-state index contributed by atoms with van der Waals surface area (Å²) in [6, 6.07) is 10.7. The van der Waals surface area contributed by atoms with Gasteiger partial charge in [-0.05, 0) is 24.1 Å². The van der Waals surface area contributed by atoms with Gasteiger partial charge in [-0.3, -0.25) is 0 Å². The van der Waals surface area contributed by atoms with Crippen LogP contribution in [0.25, 0.3) is 0 Å². The molecule has 0 radical (unpaired) electrons. The first-order valence-corrected chi connectivity index (χ1v) is 5.90. The molecule has 2 nitrogen and oxygen atoms in total. The van der Waals surface area contributed by atoms with Gasteiger partial charge in [0.25, 0.3) is 0 Å². The van der Waals surface area contributed by atoms with Crippen molar-refractivity contribution in [3.63, 3.8) is 0 Å². The summed E-state index contributed by atoms with van der Waals surface area (Å²) in [5, 5.41) is 12.0. The smallest absolute Gasteiger partial charge is 0.0638 e. The van der Waals surface area contributed by atoms with Crippen LogP contribution in [0.2, 0.25) is 0 Å². The van der Waals surface area contributed by atoms with E-state index >= 15 is 0 Å². The Kier molecular flexibility index (Phi) is 5.38. The normalized spacial score (nSPS) is 12.1. The van der Waals surface area contributed by atoms with Crippen LogP contribution < -0.4 is 5.32 Å². The van der Waals surface area contributed by atoms with Crippen LogP contribution in [-0.4, -0.2) is 6.04 Å². The molecule has 1 rings (SSSR count). The number of nitriles is 1. The maximum atomic E-state index is 8.61. The number of rotatable bonds is 5. The molecule has 1 aromatic carbocycles. The third-order valence-corrected chi connectivity index (χ3v) is 2.87.